The molecule has 1 aliphatic carbocycles. The Kier molecular flexibility index (Phi) is 2.34. The summed E-state index contributed by atoms with van der Waals surface area (Å²) >= 11 is 0. The minimum Gasteiger partial charge on any atom is -0.512 e. The van der Waals surface area contributed by atoms with E-state index in [2.05, 4.69) is 0 Å². The lowest BCUT2D eigenvalue weighted by atomic mass is 9.89. The normalized spacial score (nSPS) is 25.7. The highest BCUT2D eigenvalue weighted by molar-refractivity contribution is 5.74. The van der Waals surface area contributed by atoms with Gasteiger partial charge in [0.05, 0.1) is 12.2 Å². The molecule has 0 amide bonds. The van der Waals surface area contributed by atoms with Crippen molar-refractivity contribution in [1.82, 2.24) is 0 Å². The van der Waals surface area contributed by atoms with Gasteiger partial charge in [0.2, 0.25) is 0 Å². The first kappa shape index (κ1) is 9.96. The van der Waals surface area contributed by atoms with Gasteiger partial charge >= 0.3 is 0 Å². The lowest BCUT2D eigenvalue weighted by molar-refractivity contribution is 0.0946. The zero-order valence-corrected chi connectivity index (χ0v) is 8.22. The Morgan fingerprint density at radius 1 is 1.13 bits per heavy atom. The van der Waals surface area contributed by atoms with Crippen LogP contribution in [0.1, 0.15) is 12.0 Å². The maximum Gasteiger partial charge on any atom is 0.147 e. The summed E-state index contributed by atoms with van der Waals surface area (Å²) in [6.45, 7) is 0. The third kappa shape index (κ3) is 1.93. The van der Waals surface area contributed by atoms with E-state index in [1.807, 2.05) is 30.3 Å². The fraction of sp³-hybridized carbons (Fsp3) is 0.167. The molecule has 0 aliphatic heterocycles. The van der Waals surface area contributed by atoms with Gasteiger partial charge in [-0.05, 0) is 11.6 Å². The van der Waals surface area contributed by atoms with Crippen LogP contribution in [-0.4, -0.2) is 15.9 Å². The molecule has 0 heterocycles. The van der Waals surface area contributed by atoms with Crippen molar-refractivity contribution in [3.63, 3.8) is 0 Å². The largest absolute Gasteiger partial charge is 0.512 e. The number of nitrogens with two attached hydrogens (primary N) is 1. The summed E-state index contributed by atoms with van der Waals surface area (Å²) < 4.78 is 0. The second kappa shape index (κ2) is 3.53. The molecule has 3 heteroatoms. The summed E-state index contributed by atoms with van der Waals surface area (Å²) in [5.41, 5.74) is 5.74. The quantitative estimate of drug-likeness (QED) is 0.607. The second-order valence-corrected chi connectivity index (χ2v) is 3.71. The van der Waals surface area contributed by atoms with Gasteiger partial charge in [-0.3, -0.25) is 5.73 Å². The number of hydrogen-bond acceptors (Lipinski definition) is 3. The third-order valence-electron chi connectivity index (χ3n) is 2.44. The average Bonchev–Trinajstić information content (AvgIpc) is 2.17. The zero-order valence-electron chi connectivity index (χ0n) is 8.22. The van der Waals surface area contributed by atoms with Crippen LogP contribution in [0.5, 0.6) is 0 Å². The molecule has 0 fully saturated rings. The van der Waals surface area contributed by atoms with Crippen molar-refractivity contribution >= 4 is 5.57 Å². The van der Waals surface area contributed by atoms with E-state index in [0.29, 0.717) is 5.57 Å². The molecule has 0 saturated carbocycles. The van der Waals surface area contributed by atoms with Crippen molar-refractivity contribution in [2.75, 3.05) is 0 Å². The van der Waals surface area contributed by atoms with Crippen molar-refractivity contribution in [1.29, 1.82) is 0 Å². The van der Waals surface area contributed by atoms with Gasteiger partial charge in [0.15, 0.2) is 0 Å². The molecule has 1 aliphatic rings. The molecule has 0 spiro atoms. The Hall–Kier alpha value is -1.58. The Morgan fingerprint density at radius 3 is 2.40 bits per heavy atom. The molecule has 15 heavy (non-hydrogen) atoms. The first-order chi connectivity index (χ1) is 7.09. The van der Waals surface area contributed by atoms with E-state index in [9.17, 15) is 10.2 Å². The molecule has 0 saturated heterocycles. The lowest BCUT2D eigenvalue weighted by Crippen LogP contribution is -2.42. The predicted octanol–water partition coefficient (Wildman–Crippen LogP) is 1.56. The minimum absolute atomic E-state index is 0.0493. The van der Waals surface area contributed by atoms with E-state index in [0.717, 1.165) is 5.56 Å². The Labute approximate surface area is 88.2 Å². The fourth-order valence-corrected chi connectivity index (χ4v) is 1.72. The van der Waals surface area contributed by atoms with Crippen molar-refractivity contribution in [2.24, 2.45) is 5.73 Å². The van der Waals surface area contributed by atoms with E-state index in [1.165, 1.54) is 0 Å². The summed E-state index contributed by atoms with van der Waals surface area (Å²) in [6.07, 6.45) is 3.26. The van der Waals surface area contributed by atoms with E-state index in [-0.39, 0.29) is 12.2 Å². The van der Waals surface area contributed by atoms with Gasteiger partial charge in [-0.2, -0.15) is 0 Å². The fourth-order valence-electron chi connectivity index (χ4n) is 1.72. The Balaban J connectivity index is 2.45. The number of hydrogen-bond donors (Lipinski definition) is 3. The predicted molar refractivity (Wildman–Crippen MR) is 58.9 cm³/mol. The average molecular weight is 203 g/mol. The molecule has 1 unspecified atom stereocenters. The summed E-state index contributed by atoms with van der Waals surface area (Å²) in [5, 5.41) is 19.3. The molecule has 0 aromatic heterocycles. The van der Waals surface area contributed by atoms with E-state index in [1.54, 1.807) is 12.2 Å². The number of rotatable bonds is 1. The van der Waals surface area contributed by atoms with E-state index < -0.39 is 5.72 Å². The Morgan fingerprint density at radius 2 is 1.80 bits per heavy atom. The third-order valence-corrected chi connectivity index (χ3v) is 2.44. The minimum atomic E-state index is -1.49. The molecule has 78 valence electrons. The maximum atomic E-state index is 9.97. The van der Waals surface area contributed by atoms with Gasteiger partial charge in [0, 0.05) is 5.57 Å². The lowest BCUT2D eigenvalue weighted by Gasteiger charge is -2.28. The molecule has 2 rings (SSSR count). The first-order valence-corrected chi connectivity index (χ1v) is 4.76. The van der Waals surface area contributed by atoms with Crippen LogP contribution in [0.2, 0.25) is 0 Å². The van der Waals surface area contributed by atoms with Gasteiger partial charge in [0.1, 0.15) is 5.72 Å². The molecule has 1 aromatic carbocycles. The molecule has 0 bridgehead atoms. The van der Waals surface area contributed by atoms with Crippen LogP contribution in [-0.2, 0) is 0 Å². The standard InChI is InChI=1S/C12H13NO2/c13-12(15)8-10(14)6-7-11(12)9-4-2-1-3-5-9/h1-7,14-15H,8,13H2. The van der Waals surface area contributed by atoms with E-state index >= 15 is 0 Å². The highest BCUT2D eigenvalue weighted by atomic mass is 16.3. The molecule has 0 radical (unpaired) electrons. The topological polar surface area (TPSA) is 66.5 Å². The first-order valence-electron chi connectivity index (χ1n) is 4.76. The van der Waals surface area contributed by atoms with Gasteiger partial charge in [-0.25, -0.2) is 0 Å². The van der Waals surface area contributed by atoms with Crippen LogP contribution >= 0.6 is 0 Å². The van der Waals surface area contributed by atoms with Crippen LogP contribution in [0.25, 0.3) is 5.57 Å². The monoisotopic (exact) mass is 203 g/mol. The molecule has 3 nitrogen and oxygen atoms in total. The number of aliphatic hydroxyl groups is 2. The zero-order chi connectivity index (χ0) is 10.9. The van der Waals surface area contributed by atoms with Gasteiger partial charge < -0.3 is 10.2 Å². The van der Waals surface area contributed by atoms with Crippen LogP contribution < -0.4 is 5.73 Å². The van der Waals surface area contributed by atoms with Crippen LogP contribution in [0.3, 0.4) is 0 Å². The van der Waals surface area contributed by atoms with Crippen LogP contribution in [0.15, 0.2) is 48.2 Å². The number of allylic oxidation sites excluding steroid dienone is 2. The molecule has 4 N–H and O–H groups in total. The SMILES string of the molecule is NC1(O)CC(O)=CC=C1c1ccccc1. The highest BCUT2D eigenvalue weighted by Gasteiger charge is 2.30. The van der Waals surface area contributed by atoms with Crippen molar-refractivity contribution in [3.8, 4) is 0 Å². The summed E-state index contributed by atoms with van der Waals surface area (Å²) in [6, 6.07) is 9.41. The van der Waals surface area contributed by atoms with Gasteiger partial charge in [0.25, 0.3) is 0 Å². The summed E-state index contributed by atoms with van der Waals surface area (Å²) in [7, 11) is 0. The molecular formula is C12H13NO2. The Bertz CT molecular complexity index is 419. The highest BCUT2D eigenvalue weighted by Crippen LogP contribution is 2.31. The molecular weight excluding hydrogens is 190 g/mol. The molecule has 1 aromatic rings. The van der Waals surface area contributed by atoms with Crippen LogP contribution in [0, 0.1) is 0 Å². The number of benzene rings is 1. The molecule has 1 atom stereocenters. The van der Waals surface area contributed by atoms with Crippen molar-refractivity contribution < 1.29 is 10.2 Å². The van der Waals surface area contributed by atoms with Gasteiger partial charge in [-0.15, -0.1) is 0 Å². The smallest absolute Gasteiger partial charge is 0.147 e. The van der Waals surface area contributed by atoms with E-state index in [4.69, 9.17) is 5.73 Å². The summed E-state index contributed by atoms with van der Waals surface area (Å²) in [5.74, 6) is 0.0969. The number of aliphatic hydroxyl groups excluding tert-OH is 1. The summed E-state index contributed by atoms with van der Waals surface area (Å²) in [4.78, 5) is 0. The van der Waals surface area contributed by atoms with Crippen molar-refractivity contribution in [2.45, 2.75) is 12.1 Å². The second-order valence-electron chi connectivity index (χ2n) is 3.71. The van der Waals surface area contributed by atoms with Crippen LogP contribution in [0.4, 0.5) is 0 Å². The van der Waals surface area contributed by atoms with Gasteiger partial charge in [-0.1, -0.05) is 36.4 Å². The maximum absolute atomic E-state index is 9.97. The van der Waals surface area contributed by atoms with Crippen molar-refractivity contribution in [3.05, 3.63) is 53.8 Å².